The quantitative estimate of drug-likeness (QED) is 0.878. The molecule has 3 nitrogen and oxygen atoms in total. The predicted octanol–water partition coefficient (Wildman–Crippen LogP) is 3.37. The van der Waals surface area contributed by atoms with Crippen LogP contribution in [-0.4, -0.2) is 16.8 Å². The Morgan fingerprint density at radius 2 is 2.05 bits per heavy atom. The Bertz CT molecular complexity index is 619. The maximum Gasteiger partial charge on any atom is 0.416 e. The molecule has 0 aliphatic rings. The van der Waals surface area contributed by atoms with Gasteiger partial charge in [-0.25, -0.2) is 4.39 Å². The number of hydrogen-bond acceptors (Lipinski definition) is 2. The van der Waals surface area contributed by atoms with Crippen LogP contribution in [0.5, 0.6) is 0 Å². The number of hydrogen-bond donors (Lipinski definition) is 1. The van der Waals surface area contributed by atoms with E-state index in [0.29, 0.717) is 12.1 Å². The highest BCUT2D eigenvalue weighted by molar-refractivity contribution is 5.38. The first-order chi connectivity index (χ1) is 9.86. The average Bonchev–Trinajstić information content (AvgIpc) is 2.87. The topological polar surface area (TPSA) is 29.9 Å². The second-order valence-electron chi connectivity index (χ2n) is 4.58. The van der Waals surface area contributed by atoms with E-state index >= 15 is 0 Å². The van der Waals surface area contributed by atoms with Crippen molar-refractivity contribution >= 4 is 0 Å². The standard InChI is InChI=1S/C14H15F4N3/c1-3-21-8-9(7-20-21)13(19-2)11-6-10(15)4-5-12(11)14(16,17)18/h4-8,13,19H,3H2,1-2H3. The lowest BCUT2D eigenvalue weighted by Crippen LogP contribution is -2.22. The summed E-state index contributed by atoms with van der Waals surface area (Å²) >= 11 is 0. The molecule has 1 unspecified atom stereocenters. The molecule has 0 amide bonds. The summed E-state index contributed by atoms with van der Waals surface area (Å²) in [7, 11) is 1.53. The maximum absolute atomic E-state index is 13.4. The van der Waals surface area contributed by atoms with Crippen molar-refractivity contribution in [3.05, 3.63) is 53.1 Å². The van der Waals surface area contributed by atoms with Crippen LogP contribution in [0.4, 0.5) is 17.6 Å². The van der Waals surface area contributed by atoms with Gasteiger partial charge in [-0.15, -0.1) is 0 Å². The third kappa shape index (κ3) is 3.24. The second kappa shape index (κ2) is 5.85. The summed E-state index contributed by atoms with van der Waals surface area (Å²) in [5.74, 6) is -0.707. The van der Waals surface area contributed by atoms with Gasteiger partial charge in [0, 0.05) is 18.3 Å². The summed E-state index contributed by atoms with van der Waals surface area (Å²) < 4.78 is 54.3. The van der Waals surface area contributed by atoms with Gasteiger partial charge in [0.1, 0.15) is 5.82 Å². The number of aryl methyl sites for hydroxylation is 1. The van der Waals surface area contributed by atoms with Crippen LogP contribution < -0.4 is 5.32 Å². The van der Waals surface area contributed by atoms with E-state index in [1.807, 2.05) is 6.92 Å². The largest absolute Gasteiger partial charge is 0.416 e. The molecule has 0 aliphatic heterocycles. The fourth-order valence-corrected chi connectivity index (χ4v) is 2.23. The van der Waals surface area contributed by atoms with E-state index in [9.17, 15) is 17.6 Å². The van der Waals surface area contributed by atoms with E-state index in [1.54, 1.807) is 10.9 Å². The van der Waals surface area contributed by atoms with Gasteiger partial charge in [-0.3, -0.25) is 4.68 Å². The normalized spacial score (nSPS) is 13.4. The first kappa shape index (κ1) is 15.5. The predicted molar refractivity (Wildman–Crippen MR) is 70.2 cm³/mol. The van der Waals surface area contributed by atoms with Crippen molar-refractivity contribution in [3.63, 3.8) is 0 Å². The second-order valence-corrected chi connectivity index (χ2v) is 4.58. The molecule has 0 aliphatic carbocycles. The Kier molecular flexibility index (Phi) is 4.32. The van der Waals surface area contributed by atoms with E-state index in [4.69, 9.17) is 0 Å². The van der Waals surface area contributed by atoms with Gasteiger partial charge in [-0.2, -0.15) is 18.3 Å². The highest BCUT2D eigenvalue weighted by Gasteiger charge is 2.35. The maximum atomic E-state index is 13.4. The van der Waals surface area contributed by atoms with Crippen LogP contribution in [-0.2, 0) is 12.7 Å². The SMILES string of the molecule is CCn1cc(C(NC)c2cc(F)ccc2C(F)(F)F)cn1. The van der Waals surface area contributed by atoms with Crippen LogP contribution in [0.25, 0.3) is 0 Å². The Morgan fingerprint density at radius 1 is 1.33 bits per heavy atom. The lowest BCUT2D eigenvalue weighted by atomic mass is 9.96. The van der Waals surface area contributed by atoms with Gasteiger partial charge in [-0.1, -0.05) is 0 Å². The van der Waals surface area contributed by atoms with Crippen LogP contribution in [0.3, 0.4) is 0 Å². The van der Waals surface area contributed by atoms with Crippen molar-refractivity contribution in [3.8, 4) is 0 Å². The van der Waals surface area contributed by atoms with E-state index in [-0.39, 0.29) is 5.56 Å². The zero-order chi connectivity index (χ0) is 15.6. The van der Waals surface area contributed by atoms with Crippen LogP contribution in [0.1, 0.15) is 29.7 Å². The Morgan fingerprint density at radius 3 is 2.57 bits per heavy atom. The Labute approximate surface area is 119 Å². The van der Waals surface area contributed by atoms with Crippen LogP contribution >= 0.6 is 0 Å². The summed E-state index contributed by atoms with van der Waals surface area (Å²) in [5, 5.41) is 6.84. The molecule has 0 spiro atoms. The lowest BCUT2D eigenvalue weighted by molar-refractivity contribution is -0.138. The van der Waals surface area contributed by atoms with Crippen molar-refractivity contribution < 1.29 is 17.6 Å². The highest BCUT2D eigenvalue weighted by atomic mass is 19.4. The van der Waals surface area contributed by atoms with Crippen molar-refractivity contribution in [2.24, 2.45) is 0 Å². The van der Waals surface area contributed by atoms with E-state index < -0.39 is 23.6 Å². The minimum Gasteiger partial charge on any atom is -0.309 e. The number of alkyl halides is 3. The molecular formula is C14H15F4N3. The van der Waals surface area contributed by atoms with Crippen molar-refractivity contribution in [2.45, 2.75) is 25.7 Å². The van der Waals surface area contributed by atoms with Gasteiger partial charge in [0.2, 0.25) is 0 Å². The van der Waals surface area contributed by atoms with Gasteiger partial charge in [0.25, 0.3) is 0 Å². The molecule has 0 fully saturated rings. The van der Waals surface area contributed by atoms with Crippen molar-refractivity contribution in [2.75, 3.05) is 7.05 Å². The van der Waals surface area contributed by atoms with Gasteiger partial charge in [-0.05, 0) is 37.7 Å². The average molecular weight is 301 g/mol. The van der Waals surface area contributed by atoms with E-state index in [2.05, 4.69) is 10.4 Å². The smallest absolute Gasteiger partial charge is 0.309 e. The summed E-state index contributed by atoms with van der Waals surface area (Å²) in [6.45, 7) is 2.47. The summed E-state index contributed by atoms with van der Waals surface area (Å²) in [6, 6.07) is 1.71. The number of aromatic nitrogens is 2. The Hall–Kier alpha value is -1.89. The first-order valence-electron chi connectivity index (χ1n) is 6.43. The first-order valence-corrected chi connectivity index (χ1v) is 6.43. The lowest BCUT2D eigenvalue weighted by Gasteiger charge is -2.20. The molecule has 1 N–H and O–H groups in total. The summed E-state index contributed by atoms with van der Waals surface area (Å²) in [4.78, 5) is 0. The van der Waals surface area contributed by atoms with Gasteiger partial charge < -0.3 is 5.32 Å². The van der Waals surface area contributed by atoms with Crippen LogP contribution in [0, 0.1) is 5.82 Å². The fraction of sp³-hybridized carbons (Fsp3) is 0.357. The van der Waals surface area contributed by atoms with Crippen LogP contribution in [0.15, 0.2) is 30.6 Å². The zero-order valence-corrected chi connectivity index (χ0v) is 11.6. The summed E-state index contributed by atoms with van der Waals surface area (Å²) in [6.07, 6.45) is -1.42. The fourth-order valence-electron chi connectivity index (χ4n) is 2.23. The third-order valence-electron chi connectivity index (χ3n) is 3.23. The van der Waals surface area contributed by atoms with Crippen molar-refractivity contribution in [1.29, 1.82) is 0 Å². The van der Waals surface area contributed by atoms with E-state index in [0.717, 1.165) is 18.2 Å². The zero-order valence-electron chi connectivity index (χ0n) is 11.6. The van der Waals surface area contributed by atoms with Crippen LogP contribution in [0.2, 0.25) is 0 Å². The molecule has 2 aromatic rings. The molecule has 114 valence electrons. The van der Waals surface area contributed by atoms with Gasteiger partial charge >= 0.3 is 6.18 Å². The molecule has 1 aromatic heterocycles. The molecule has 0 bridgehead atoms. The van der Waals surface area contributed by atoms with Gasteiger partial charge in [0.05, 0.1) is 17.8 Å². The van der Waals surface area contributed by atoms with E-state index in [1.165, 1.54) is 13.2 Å². The third-order valence-corrected chi connectivity index (χ3v) is 3.23. The Balaban J connectivity index is 2.53. The molecule has 1 aromatic carbocycles. The molecule has 0 radical (unpaired) electrons. The number of halogens is 4. The molecule has 1 atom stereocenters. The molecule has 0 saturated carbocycles. The van der Waals surface area contributed by atoms with Gasteiger partial charge in [0.15, 0.2) is 0 Å². The number of benzene rings is 1. The molecule has 7 heteroatoms. The number of nitrogens with one attached hydrogen (secondary N) is 1. The molecule has 0 saturated heterocycles. The summed E-state index contributed by atoms with van der Waals surface area (Å²) in [5.41, 5.74) is -0.455. The molecule has 21 heavy (non-hydrogen) atoms. The van der Waals surface area contributed by atoms with Crippen molar-refractivity contribution in [1.82, 2.24) is 15.1 Å². The monoisotopic (exact) mass is 301 g/mol. The minimum atomic E-state index is -4.54. The minimum absolute atomic E-state index is 0.152. The molecular weight excluding hydrogens is 286 g/mol. The molecule has 2 rings (SSSR count). The number of rotatable bonds is 4. The number of nitrogens with zero attached hydrogens (tertiary/aromatic N) is 2. The molecule has 1 heterocycles. The highest BCUT2D eigenvalue weighted by Crippen LogP contribution is 2.36.